The third-order valence-electron chi connectivity index (χ3n) is 5.90. The second kappa shape index (κ2) is 8.18. The van der Waals surface area contributed by atoms with E-state index in [0.717, 1.165) is 30.6 Å². The van der Waals surface area contributed by atoms with Crippen molar-refractivity contribution in [2.24, 2.45) is 0 Å². The number of rotatable bonds is 6. The average Bonchev–Trinajstić information content (AvgIpc) is 2.93. The molecule has 0 radical (unpaired) electrons. The molecule has 1 saturated heterocycles. The van der Waals surface area contributed by atoms with Crippen LogP contribution in [0.4, 0.5) is 10.5 Å². The largest absolute Gasteiger partial charge is 0.338 e. The van der Waals surface area contributed by atoms with Gasteiger partial charge in [0.05, 0.1) is 4.92 Å². The molecular formula is C20H26N4O5. The molecule has 4 amide bonds. The van der Waals surface area contributed by atoms with Crippen LogP contribution in [0.15, 0.2) is 24.3 Å². The molecule has 2 fully saturated rings. The van der Waals surface area contributed by atoms with Crippen LogP contribution in [0.5, 0.6) is 0 Å². The van der Waals surface area contributed by atoms with Gasteiger partial charge in [-0.15, -0.1) is 0 Å². The van der Waals surface area contributed by atoms with Crippen LogP contribution in [0.1, 0.15) is 51.5 Å². The lowest BCUT2D eigenvalue weighted by molar-refractivity contribution is -0.384. The Morgan fingerprint density at radius 3 is 2.41 bits per heavy atom. The lowest BCUT2D eigenvalue weighted by atomic mass is 9.92. The fourth-order valence-corrected chi connectivity index (χ4v) is 4.21. The molecule has 0 aromatic heterocycles. The first kappa shape index (κ1) is 20.8. The van der Waals surface area contributed by atoms with Crippen LogP contribution in [0, 0.1) is 10.1 Å². The van der Waals surface area contributed by atoms with Crippen LogP contribution in [0.2, 0.25) is 0 Å². The number of hydrogen-bond acceptors (Lipinski definition) is 5. The number of amides is 4. The van der Waals surface area contributed by atoms with E-state index in [0.29, 0.717) is 12.1 Å². The molecular weight excluding hydrogens is 376 g/mol. The van der Waals surface area contributed by atoms with Crippen molar-refractivity contribution in [2.75, 3.05) is 13.1 Å². The van der Waals surface area contributed by atoms with Crippen molar-refractivity contribution in [1.82, 2.24) is 15.1 Å². The normalized spacial score (nSPS) is 22.5. The van der Waals surface area contributed by atoms with Gasteiger partial charge in [-0.25, -0.2) is 4.79 Å². The maximum Gasteiger partial charge on any atom is 0.325 e. The van der Waals surface area contributed by atoms with Gasteiger partial charge in [-0.1, -0.05) is 19.3 Å². The predicted molar refractivity (Wildman–Crippen MR) is 105 cm³/mol. The Kier molecular flexibility index (Phi) is 5.86. The molecule has 1 saturated carbocycles. The Bertz CT molecular complexity index is 819. The molecule has 9 heteroatoms. The number of urea groups is 1. The van der Waals surface area contributed by atoms with Gasteiger partial charge in [0.15, 0.2) is 0 Å². The Labute approximate surface area is 169 Å². The van der Waals surface area contributed by atoms with E-state index in [1.54, 1.807) is 4.90 Å². The first-order chi connectivity index (χ1) is 13.8. The van der Waals surface area contributed by atoms with Gasteiger partial charge in [-0.2, -0.15) is 0 Å². The van der Waals surface area contributed by atoms with Crippen molar-refractivity contribution in [1.29, 1.82) is 0 Å². The zero-order valence-electron chi connectivity index (χ0n) is 16.7. The molecule has 1 aliphatic carbocycles. The van der Waals surface area contributed by atoms with Crippen molar-refractivity contribution in [2.45, 2.75) is 57.5 Å². The molecule has 1 aliphatic heterocycles. The molecule has 0 unspecified atom stereocenters. The first-order valence-corrected chi connectivity index (χ1v) is 9.96. The van der Waals surface area contributed by atoms with E-state index >= 15 is 0 Å². The van der Waals surface area contributed by atoms with Crippen molar-refractivity contribution in [3.05, 3.63) is 39.9 Å². The number of nitro benzene ring substituents is 1. The number of nitrogens with zero attached hydrogens (tertiary/aromatic N) is 3. The smallest absolute Gasteiger partial charge is 0.325 e. The second-order valence-electron chi connectivity index (χ2n) is 7.72. The molecule has 1 aromatic carbocycles. The zero-order chi connectivity index (χ0) is 21.2. The Balaban J connectivity index is 1.75. The molecule has 29 heavy (non-hydrogen) atoms. The summed E-state index contributed by atoms with van der Waals surface area (Å²) in [6, 6.07) is 4.99. The van der Waals surface area contributed by atoms with E-state index in [4.69, 9.17) is 0 Å². The predicted octanol–water partition coefficient (Wildman–Crippen LogP) is 2.54. The Morgan fingerprint density at radius 1 is 1.24 bits per heavy atom. The van der Waals surface area contributed by atoms with Gasteiger partial charge in [0, 0.05) is 24.7 Å². The second-order valence-corrected chi connectivity index (χ2v) is 7.72. The molecule has 1 N–H and O–H groups in total. The van der Waals surface area contributed by atoms with Crippen LogP contribution in [0.3, 0.4) is 0 Å². The summed E-state index contributed by atoms with van der Waals surface area (Å²) in [4.78, 5) is 51.4. The topological polar surface area (TPSA) is 113 Å². The third-order valence-corrected chi connectivity index (χ3v) is 5.90. The van der Waals surface area contributed by atoms with Crippen LogP contribution in [0.25, 0.3) is 0 Å². The van der Waals surface area contributed by atoms with Crippen molar-refractivity contribution >= 4 is 23.5 Å². The highest BCUT2D eigenvalue weighted by atomic mass is 16.6. The highest BCUT2D eigenvalue weighted by molar-refractivity contribution is 6.09. The summed E-state index contributed by atoms with van der Waals surface area (Å²) >= 11 is 0. The highest BCUT2D eigenvalue weighted by Gasteiger charge is 2.50. The van der Waals surface area contributed by atoms with Gasteiger partial charge in [0.1, 0.15) is 12.1 Å². The molecule has 1 atom stereocenters. The summed E-state index contributed by atoms with van der Waals surface area (Å²) in [6.45, 7) is 3.67. The third kappa shape index (κ3) is 3.94. The summed E-state index contributed by atoms with van der Waals surface area (Å²) in [7, 11) is 0. The number of non-ortho nitro benzene ring substituents is 1. The van der Waals surface area contributed by atoms with Gasteiger partial charge in [-0.05, 0) is 44.4 Å². The van der Waals surface area contributed by atoms with Gasteiger partial charge in [0.25, 0.3) is 11.6 Å². The summed E-state index contributed by atoms with van der Waals surface area (Å²) in [5.74, 6) is -0.778. The van der Waals surface area contributed by atoms with E-state index in [1.165, 1.54) is 37.6 Å². The number of imide groups is 1. The van der Waals surface area contributed by atoms with Gasteiger partial charge in [0.2, 0.25) is 5.91 Å². The highest BCUT2D eigenvalue weighted by Crippen LogP contribution is 2.30. The van der Waals surface area contributed by atoms with Crippen LogP contribution >= 0.6 is 0 Å². The minimum Gasteiger partial charge on any atom is -0.338 e. The fraction of sp³-hybridized carbons (Fsp3) is 0.550. The summed E-state index contributed by atoms with van der Waals surface area (Å²) in [6.07, 6.45) is 5.22. The van der Waals surface area contributed by atoms with Gasteiger partial charge in [-0.3, -0.25) is 24.6 Å². The van der Waals surface area contributed by atoms with Crippen LogP contribution in [-0.4, -0.2) is 51.7 Å². The molecule has 2 aliphatic rings. The summed E-state index contributed by atoms with van der Waals surface area (Å²) in [5.41, 5.74) is -1.04. The number of carbonyl (C=O) groups is 3. The van der Waals surface area contributed by atoms with Crippen molar-refractivity contribution < 1.29 is 19.3 Å². The molecule has 1 heterocycles. The zero-order valence-corrected chi connectivity index (χ0v) is 16.7. The minimum absolute atomic E-state index is 0.104. The van der Waals surface area contributed by atoms with Crippen LogP contribution in [-0.2, 0) is 15.1 Å². The lowest BCUT2D eigenvalue weighted by Crippen LogP contribution is -2.48. The minimum atomic E-state index is -1.37. The van der Waals surface area contributed by atoms with Crippen LogP contribution < -0.4 is 5.32 Å². The molecule has 9 nitrogen and oxygen atoms in total. The van der Waals surface area contributed by atoms with E-state index in [9.17, 15) is 24.5 Å². The van der Waals surface area contributed by atoms with Crippen molar-refractivity contribution in [3.63, 3.8) is 0 Å². The van der Waals surface area contributed by atoms with E-state index < -0.39 is 22.4 Å². The standard InChI is InChI=1S/C20H26N4O5/c1-3-22(15-7-5-4-6-8-15)17(25)13-23-18(26)20(2,21-19(23)27)14-9-11-16(12-10-14)24(28)29/h9-12,15H,3-8,13H2,1-2H3,(H,21,27)/t20-/m0/s1. The quantitative estimate of drug-likeness (QED) is 0.446. The maximum atomic E-state index is 13.0. The summed E-state index contributed by atoms with van der Waals surface area (Å²) in [5, 5.41) is 13.5. The number of likely N-dealkylation sites (N-methyl/N-ethyl adjacent to an activating group) is 1. The number of nitro groups is 1. The van der Waals surface area contributed by atoms with Crippen molar-refractivity contribution in [3.8, 4) is 0 Å². The fourth-order valence-electron chi connectivity index (χ4n) is 4.21. The molecule has 1 aromatic rings. The van der Waals surface area contributed by atoms with E-state index in [-0.39, 0.29) is 24.2 Å². The Morgan fingerprint density at radius 2 is 1.86 bits per heavy atom. The number of nitrogens with one attached hydrogen (secondary N) is 1. The number of hydrogen-bond donors (Lipinski definition) is 1. The number of carbonyl (C=O) groups excluding carboxylic acids is 3. The van der Waals surface area contributed by atoms with E-state index in [1.807, 2.05) is 6.92 Å². The molecule has 156 valence electrons. The average molecular weight is 402 g/mol. The summed E-state index contributed by atoms with van der Waals surface area (Å²) < 4.78 is 0. The first-order valence-electron chi connectivity index (χ1n) is 9.96. The maximum absolute atomic E-state index is 13.0. The monoisotopic (exact) mass is 402 g/mol. The molecule has 0 bridgehead atoms. The SMILES string of the molecule is CCN(C(=O)CN1C(=O)N[C@@](C)(c2ccc([N+](=O)[O-])cc2)C1=O)C1CCCCC1. The lowest BCUT2D eigenvalue weighted by Gasteiger charge is -2.34. The Hall–Kier alpha value is -2.97. The van der Waals surface area contributed by atoms with E-state index in [2.05, 4.69) is 5.32 Å². The number of benzene rings is 1. The van der Waals surface area contributed by atoms with Gasteiger partial charge < -0.3 is 10.2 Å². The molecule has 3 rings (SSSR count). The van der Waals surface area contributed by atoms with Gasteiger partial charge >= 0.3 is 6.03 Å². The molecule has 0 spiro atoms.